The molecule has 0 saturated heterocycles. The first-order chi connectivity index (χ1) is 16.7. The van der Waals surface area contributed by atoms with Gasteiger partial charge in [0.2, 0.25) is 5.52 Å². The zero-order valence-electron chi connectivity index (χ0n) is 19.6. The van der Waals surface area contributed by atoms with Crippen molar-refractivity contribution in [3.63, 3.8) is 0 Å². The number of thiazole rings is 1. The highest BCUT2D eigenvalue weighted by Gasteiger charge is 2.26. The van der Waals surface area contributed by atoms with E-state index in [2.05, 4.69) is 65.8 Å². The number of halogens is 1. The summed E-state index contributed by atoms with van der Waals surface area (Å²) in [6.45, 7) is 8.11. The molecule has 0 aliphatic carbocycles. The average Bonchev–Trinajstić information content (AvgIpc) is 3.35. The summed E-state index contributed by atoms with van der Waals surface area (Å²) in [6.07, 6.45) is 2.32. The SMILES string of the molecule is CCN1/C(=C/c2sc3ccccc3[n+]2CC)Sc2ccc(Cl)cc21.Cc1ccc(S(=O)(=O)[O-])cc1. The Balaban J connectivity index is 0.000000221. The number of para-hydroxylation sites is 1. The van der Waals surface area contributed by atoms with E-state index in [1.54, 1.807) is 12.1 Å². The Labute approximate surface area is 219 Å². The van der Waals surface area contributed by atoms with Gasteiger partial charge in [-0.3, -0.25) is 0 Å². The molecule has 1 aliphatic rings. The lowest BCUT2D eigenvalue weighted by Gasteiger charge is -2.17. The molecule has 35 heavy (non-hydrogen) atoms. The number of anilines is 1. The number of hydrogen-bond acceptors (Lipinski definition) is 6. The molecule has 0 N–H and O–H groups in total. The van der Waals surface area contributed by atoms with Crippen LogP contribution in [0.2, 0.25) is 5.02 Å². The summed E-state index contributed by atoms with van der Waals surface area (Å²) in [5.74, 6) is 0. The van der Waals surface area contributed by atoms with Gasteiger partial charge in [-0.15, -0.1) is 0 Å². The largest absolute Gasteiger partial charge is 0.744 e. The first-order valence-electron chi connectivity index (χ1n) is 11.1. The van der Waals surface area contributed by atoms with Crippen LogP contribution in [0.15, 0.2) is 81.6 Å². The molecular weight excluding hydrogens is 520 g/mol. The van der Waals surface area contributed by atoms with E-state index in [9.17, 15) is 13.0 Å². The summed E-state index contributed by atoms with van der Waals surface area (Å²) in [5.41, 5.74) is 3.45. The van der Waals surface area contributed by atoms with Crippen molar-refractivity contribution in [3.05, 3.63) is 87.4 Å². The van der Waals surface area contributed by atoms with Crippen LogP contribution >= 0.6 is 34.7 Å². The number of rotatable bonds is 4. The minimum absolute atomic E-state index is 0.178. The molecule has 0 bridgehead atoms. The van der Waals surface area contributed by atoms with Crippen LogP contribution in [0.1, 0.15) is 24.4 Å². The fourth-order valence-corrected chi connectivity index (χ4v) is 6.82. The number of aromatic nitrogens is 1. The topological polar surface area (TPSA) is 64.3 Å². The third-order valence-corrected chi connectivity index (χ3v) is 8.83. The van der Waals surface area contributed by atoms with Crippen molar-refractivity contribution in [1.29, 1.82) is 0 Å². The summed E-state index contributed by atoms with van der Waals surface area (Å²) in [7, 11) is -4.27. The summed E-state index contributed by atoms with van der Waals surface area (Å²) in [6, 6.07) is 20.5. The van der Waals surface area contributed by atoms with Gasteiger partial charge in [-0.1, -0.05) is 64.5 Å². The molecule has 0 fully saturated rings. The van der Waals surface area contributed by atoms with Gasteiger partial charge in [0.05, 0.1) is 21.7 Å². The molecule has 3 aromatic carbocycles. The summed E-state index contributed by atoms with van der Waals surface area (Å²) in [5, 5.41) is 3.35. The standard InChI is InChI=1S/C19H18ClN2S2.C7H8O3S/c1-3-21-14-7-5-6-8-16(14)23-18(21)12-19-22(4-2)15-11-13(20)9-10-17(15)24-19;1-6-2-4-7(5-3-6)11(8,9)10/h5-12H,3-4H2,1-2H3;2-5H,1H3,(H,8,9,10)/q+1;/p-1. The van der Waals surface area contributed by atoms with E-state index < -0.39 is 10.1 Å². The van der Waals surface area contributed by atoms with Gasteiger partial charge >= 0.3 is 0 Å². The number of fused-ring (bicyclic) bond motifs is 2. The zero-order valence-corrected chi connectivity index (χ0v) is 22.8. The van der Waals surface area contributed by atoms with E-state index >= 15 is 0 Å². The molecule has 0 amide bonds. The van der Waals surface area contributed by atoms with E-state index in [1.165, 1.54) is 43.0 Å². The van der Waals surface area contributed by atoms with Crippen LogP contribution in [-0.4, -0.2) is 19.5 Å². The minimum atomic E-state index is -4.27. The number of benzene rings is 3. The van der Waals surface area contributed by atoms with Crippen molar-refractivity contribution in [3.8, 4) is 0 Å². The van der Waals surface area contributed by atoms with Gasteiger partial charge in [0, 0.05) is 22.5 Å². The van der Waals surface area contributed by atoms with E-state index in [0.29, 0.717) is 0 Å². The van der Waals surface area contributed by atoms with E-state index in [-0.39, 0.29) is 4.90 Å². The van der Waals surface area contributed by atoms with Crippen molar-refractivity contribution in [2.45, 2.75) is 37.1 Å². The zero-order chi connectivity index (χ0) is 25.2. The third kappa shape index (κ3) is 5.73. The normalized spacial score (nSPS) is 14.2. The molecule has 5 nitrogen and oxygen atoms in total. The second kappa shape index (κ2) is 10.7. The highest BCUT2D eigenvalue weighted by Crippen LogP contribution is 2.47. The van der Waals surface area contributed by atoms with Crippen LogP contribution in [0.4, 0.5) is 5.69 Å². The Morgan fingerprint density at radius 1 is 1.06 bits per heavy atom. The third-order valence-electron chi connectivity index (χ3n) is 5.52. The summed E-state index contributed by atoms with van der Waals surface area (Å²) < 4.78 is 34.9. The highest BCUT2D eigenvalue weighted by molar-refractivity contribution is 8.03. The molecule has 9 heteroatoms. The highest BCUT2D eigenvalue weighted by atomic mass is 35.5. The van der Waals surface area contributed by atoms with Gasteiger partial charge in [-0.2, -0.15) is 4.57 Å². The molecular formula is C26H25ClN2O3S3. The maximum absolute atomic E-state index is 10.4. The maximum Gasteiger partial charge on any atom is 0.265 e. The van der Waals surface area contributed by atoms with Crippen LogP contribution in [0.3, 0.4) is 0 Å². The number of hydrogen-bond donors (Lipinski definition) is 0. The molecule has 0 atom stereocenters. The Kier molecular flexibility index (Phi) is 7.88. The first-order valence-corrected chi connectivity index (χ1v) is 14.5. The Morgan fingerprint density at radius 2 is 1.77 bits per heavy atom. The number of aryl methyl sites for hydroxylation is 2. The van der Waals surface area contributed by atoms with Gasteiger partial charge in [0.15, 0.2) is 0 Å². The van der Waals surface area contributed by atoms with Gasteiger partial charge < -0.3 is 9.45 Å². The van der Waals surface area contributed by atoms with Crippen LogP contribution in [0.5, 0.6) is 0 Å². The number of thioether (sulfide) groups is 1. The second-order valence-electron chi connectivity index (χ2n) is 7.86. The minimum Gasteiger partial charge on any atom is -0.744 e. The second-order valence-corrected chi connectivity index (χ2v) is 11.8. The number of nitrogens with zero attached hydrogens (tertiary/aromatic N) is 2. The Hall–Kier alpha value is -2.36. The average molecular weight is 545 g/mol. The first kappa shape index (κ1) is 25.7. The molecule has 182 valence electrons. The quantitative estimate of drug-likeness (QED) is 0.211. The van der Waals surface area contributed by atoms with E-state index in [0.717, 1.165) is 23.7 Å². The predicted octanol–water partition coefficient (Wildman–Crippen LogP) is 6.69. The summed E-state index contributed by atoms with van der Waals surface area (Å²) >= 11 is 9.87. The fraction of sp³-hybridized carbons (Fsp3) is 0.192. The molecule has 0 unspecified atom stereocenters. The monoisotopic (exact) mass is 544 g/mol. The molecule has 1 aliphatic heterocycles. The van der Waals surface area contributed by atoms with Crippen molar-refractivity contribution < 1.29 is 17.5 Å². The Bertz CT molecular complexity index is 1500. The van der Waals surface area contributed by atoms with E-state index in [4.69, 9.17) is 11.6 Å². The maximum atomic E-state index is 10.4. The Morgan fingerprint density at radius 3 is 2.43 bits per heavy atom. The molecule has 5 rings (SSSR count). The van der Waals surface area contributed by atoms with Gasteiger partial charge in [-0.05, 0) is 57.2 Å². The van der Waals surface area contributed by atoms with Gasteiger partial charge in [0.25, 0.3) is 5.01 Å². The van der Waals surface area contributed by atoms with Crippen molar-refractivity contribution in [1.82, 2.24) is 0 Å². The van der Waals surface area contributed by atoms with Crippen molar-refractivity contribution in [2.24, 2.45) is 0 Å². The van der Waals surface area contributed by atoms with Crippen molar-refractivity contribution in [2.75, 3.05) is 11.4 Å². The molecule has 4 aromatic rings. The van der Waals surface area contributed by atoms with Gasteiger partial charge in [0.1, 0.15) is 21.4 Å². The lowest BCUT2D eigenvalue weighted by molar-refractivity contribution is -0.665. The smallest absolute Gasteiger partial charge is 0.265 e. The van der Waals surface area contributed by atoms with Gasteiger partial charge in [-0.25, -0.2) is 8.42 Å². The molecule has 0 spiro atoms. The molecule has 1 aromatic heterocycles. The van der Waals surface area contributed by atoms with Crippen molar-refractivity contribution >= 4 is 66.8 Å². The lowest BCUT2D eigenvalue weighted by atomic mass is 10.2. The molecule has 0 saturated carbocycles. The van der Waals surface area contributed by atoms with Crippen LogP contribution < -0.4 is 9.47 Å². The van der Waals surface area contributed by atoms with Crippen LogP contribution in [-0.2, 0) is 16.7 Å². The fourth-order valence-electron chi connectivity index (χ4n) is 3.80. The van der Waals surface area contributed by atoms with Crippen LogP contribution in [0.25, 0.3) is 16.3 Å². The lowest BCUT2D eigenvalue weighted by Crippen LogP contribution is -2.33. The molecule has 0 radical (unpaired) electrons. The predicted molar refractivity (Wildman–Crippen MR) is 145 cm³/mol. The van der Waals surface area contributed by atoms with Crippen LogP contribution in [0, 0.1) is 6.92 Å². The molecule has 2 heterocycles. The summed E-state index contributed by atoms with van der Waals surface area (Å²) in [4.78, 5) is 3.44. The van der Waals surface area contributed by atoms with E-state index in [1.807, 2.05) is 36.1 Å².